The molecule has 1 heterocycles. The van der Waals surface area contributed by atoms with E-state index >= 15 is 0 Å². The average Bonchev–Trinajstić information content (AvgIpc) is 3.44. The highest BCUT2D eigenvalue weighted by atomic mass is 32.2. The molecule has 1 aliphatic heterocycles. The monoisotopic (exact) mass is 372 g/mol. The first kappa shape index (κ1) is 18.6. The number of rotatable bonds is 5. The van der Waals surface area contributed by atoms with E-state index in [-0.39, 0.29) is 24.0 Å². The van der Waals surface area contributed by atoms with Crippen LogP contribution in [0.4, 0.5) is 4.79 Å². The van der Waals surface area contributed by atoms with Gasteiger partial charge in [0.1, 0.15) is 0 Å². The molecule has 3 fully saturated rings. The highest BCUT2D eigenvalue weighted by molar-refractivity contribution is 7.77. The number of carbonyl (C=O) groups is 2. The van der Waals surface area contributed by atoms with Gasteiger partial charge in [-0.1, -0.05) is 0 Å². The molecule has 0 spiro atoms. The van der Waals surface area contributed by atoms with Crippen molar-refractivity contribution in [1.29, 1.82) is 0 Å². The summed E-state index contributed by atoms with van der Waals surface area (Å²) in [6.45, 7) is 2.63. The average molecular weight is 372 g/mol. The van der Waals surface area contributed by atoms with Crippen molar-refractivity contribution < 1.29 is 23.1 Å². The van der Waals surface area contributed by atoms with Gasteiger partial charge in [0, 0.05) is 49.4 Å². The molecule has 1 saturated heterocycles. The van der Waals surface area contributed by atoms with Crippen molar-refractivity contribution in [2.24, 2.45) is 11.8 Å². The van der Waals surface area contributed by atoms with Crippen LogP contribution in [0.1, 0.15) is 38.5 Å². The van der Waals surface area contributed by atoms with Crippen molar-refractivity contribution in [3.8, 4) is 0 Å². The van der Waals surface area contributed by atoms with Crippen LogP contribution >= 0.6 is 0 Å². The topological polar surface area (TPSA) is 102 Å². The number of ether oxygens (including phenoxy) is 1. The van der Waals surface area contributed by atoms with Gasteiger partial charge in [0.15, 0.2) is 0 Å². The summed E-state index contributed by atoms with van der Waals surface area (Å²) >= 11 is -2.24. The minimum absolute atomic E-state index is 0.0356. The first-order valence-corrected chi connectivity index (χ1v) is 10.2. The third-order valence-electron chi connectivity index (χ3n) is 5.33. The highest BCUT2D eigenvalue weighted by Gasteiger charge is 2.32. The SMILES string of the molecule is O=C(OCC1CC1)N1CCN(C(=O)C2CCC(NS(=O)[O-])CC2)CC1. The van der Waals surface area contributed by atoms with Gasteiger partial charge in [-0.2, -0.15) is 0 Å². The Balaban J connectivity index is 1.38. The molecule has 1 unspecified atom stereocenters. The van der Waals surface area contributed by atoms with Crippen LogP contribution in [0.5, 0.6) is 0 Å². The molecule has 2 amide bonds. The van der Waals surface area contributed by atoms with Gasteiger partial charge in [-0.05, 0) is 44.4 Å². The number of hydrogen-bond acceptors (Lipinski definition) is 5. The second kappa shape index (κ2) is 8.46. The number of carbonyl (C=O) groups excluding carboxylic acids is 2. The van der Waals surface area contributed by atoms with Crippen molar-refractivity contribution in [3.63, 3.8) is 0 Å². The number of nitrogens with one attached hydrogen (secondary N) is 1. The van der Waals surface area contributed by atoms with Crippen LogP contribution in [0.15, 0.2) is 0 Å². The van der Waals surface area contributed by atoms with E-state index < -0.39 is 11.3 Å². The molecule has 2 aliphatic carbocycles. The van der Waals surface area contributed by atoms with Gasteiger partial charge in [-0.15, -0.1) is 0 Å². The Morgan fingerprint density at radius 2 is 1.60 bits per heavy atom. The summed E-state index contributed by atoms with van der Waals surface area (Å²) in [6, 6.07) is -0.0551. The third kappa shape index (κ3) is 5.39. The fourth-order valence-corrected chi connectivity index (χ4v) is 4.03. The fourth-order valence-electron chi connectivity index (χ4n) is 3.53. The van der Waals surface area contributed by atoms with E-state index in [2.05, 4.69) is 4.72 Å². The zero-order valence-corrected chi connectivity index (χ0v) is 15.2. The van der Waals surface area contributed by atoms with Crippen LogP contribution in [0.3, 0.4) is 0 Å². The van der Waals surface area contributed by atoms with E-state index in [1.165, 1.54) is 0 Å². The molecule has 0 radical (unpaired) electrons. The molecule has 3 rings (SSSR count). The summed E-state index contributed by atoms with van der Waals surface area (Å²) in [6.07, 6.45) is 4.83. The lowest BCUT2D eigenvalue weighted by Gasteiger charge is -2.37. The number of hydrogen-bond donors (Lipinski definition) is 1. The van der Waals surface area contributed by atoms with Gasteiger partial charge in [0.05, 0.1) is 6.61 Å². The molecule has 2 saturated carbocycles. The number of amides is 2. The molecule has 0 bridgehead atoms. The van der Waals surface area contributed by atoms with E-state index in [9.17, 15) is 18.4 Å². The van der Waals surface area contributed by atoms with Crippen LogP contribution in [-0.4, -0.2) is 69.4 Å². The first-order valence-electron chi connectivity index (χ1n) is 9.09. The summed E-state index contributed by atoms with van der Waals surface area (Å²) in [5, 5.41) is 0. The molecule has 3 aliphatic rings. The Kier molecular flexibility index (Phi) is 6.29. The first-order chi connectivity index (χ1) is 12.0. The largest absolute Gasteiger partial charge is 0.760 e. The highest BCUT2D eigenvalue weighted by Crippen LogP contribution is 2.29. The Labute approximate surface area is 150 Å². The second-order valence-electron chi connectivity index (χ2n) is 7.23. The van der Waals surface area contributed by atoms with Crippen LogP contribution in [-0.2, 0) is 20.8 Å². The minimum Gasteiger partial charge on any atom is -0.760 e. The number of piperazine rings is 1. The third-order valence-corrected chi connectivity index (χ3v) is 5.85. The molecular formula is C16H26N3O5S-. The van der Waals surface area contributed by atoms with E-state index in [1.807, 2.05) is 4.90 Å². The maximum absolute atomic E-state index is 12.6. The van der Waals surface area contributed by atoms with Crippen molar-refractivity contribution in [2.45, 2.75) is 44.6 Å². The standard InChI is InChI=1S/C16H27N3O5S/c20-15(13-3-5-14(6-4-13)17-25(22)23)18-7-9-19(10-8-18)16(21)24-11-12-1-2-12/h12-14,17H,1-11H2,(H,22,23)/p-1. The summed E-state index contributed by atoms with van der Waals surface area (Å²) in [5.41, 5.74) is 0. The lowest BCUT2D eigenvalue weighted by atomic mass is 9.85. The van der Waals surface area contributed by atoms with E-state index in [4.69, 9.17) is 4.74 Å². The molecule has 25 heavy (non-hydrogen) atoms. The smallest absolute Gasteiger partial charge is 0.409 e. The fraction of sp³-hybridized carbons (Fsp3) is 0.875. The maximum atomic E-state index is 12.6. The Morgan fingerprint density at radius 1 is 1.00 bits per heavy atom. The van der Waals surface area contributed by atoms with Crippen LogP contribution in [0, 0.1) is 11.8 Å². The quantitative estimate of drug-likeness (QED) is 0.713. The molecule has 0 aromatic carbocycles. The van der Waals surface area contributed by atoms with Crippen LogP contribution in [0.25, 0.3) is 0 Å². The minimum atomic E-state index is -2.24. The Morgan fingerprint density at radius 3 is 2.16 bits per heavy atom. The van der Waals surface area contributed by atoms with Crippen molar-refractivity contribution in [1.82, 2.24) is 14.5 Å². The lowest BCUT2D eigenvalue weighted by Crippen LogP contribution is -2.52. The summed E-state index contributed by atoms with van der Waals surface area (Å²) < 4.78 is 29.1. The van der Waals surface area contributed by atoms with Gasteiger partial charge in [-0.3, -0.25) is 9.00 Å². The van der Waals surface area contributed by atoms with E-state index in [1.54, 1.807) is 4.90 Å². The normalized spacial score (nSPS) is 28.5. The molecule has 1 atom stereocenters. The van der Waals surface area contributed by atoms with E-state index in [0.29, 0.717) is 64.4 Å². The van der Waals surface area contributed by atoms with Crippen molar-refractivity contribution in [2.75, 3.05) is 32.8 Å². The zero-order chi connectivity index (χ0) is 17.8. The molecule has 1 N–H and O–H groups in total. The van der Waals surface area contributed by atoms with Crippen molar-refractivity contribution >= 4 is 23.3 Å². The molecule has 142 valence electrons. The molecule has 0 aromatic rings. The second-order valence-corrected chi connectivity index (χ2v) is 7.94. The summed E-state index contributed by atoms with van der Waals surface area (Å²) in [4.78, 5) is 28.1. The number of nitrogens with zero attached hydrogens (tertiary/aromatic N) is 2. The van der Waals surface area contributed by atoms with Gasteiger partial charge < -0.3 is 19.1 Å². The van der Waals surface area contributed by atoms with Gasteiger partial charge >= 0.3 is 6.09 Å². The van der Waals surface area contributed by atoms with E-state index in [0.717, 1.165) is 12.8 Å². The molecule has 0 aromatic heterocycles. The Hall–Kier alpha value is -1.19. The molecule has 9 heteroatoms. The zero-order valence-electron chi connectivity index (χ0n) is 14.4. The lowest BCUT2D eigenvalue weighted by molar-refractivity contribution is -0.138. The Bertz CT molecular complexity index is 512. The van der Waals surface area contributed by atoms with Gasteiger partial charge in [0.25, 0.3) is 0 Å². The van der Waals surface area contributed by atoms with Gasteiger partial charge in [-0.25, -0.2) is 9.52 Å². The summed E-state index contributed by atoms with van der Waals surface area (Å²) in [7, 11) is 0. The molecular weight excluding hydrogens is 346 g/mol. The van der Waals surface area contributed by atoms with Crippen LogP contribution in [0.2, 0.25) is 0 Å². The molecule has 8 nitrogen and oxygen atoms in total. The predicted molar refractivity (Wildman–Crippen MR) is 90.0 cm³/mol. The predicted octanol–water partition coefficient (Wildman–Crippen LogP) is 0.620. The maximum Gasteiger partial charge on any atom is 0.409 e. The van der Waals surface area contributed by atoms with Crippen molar-refractivity contribution in [3.05, 3.63) is 0 Å². The van der Waals surface area contributed by atoms with Gasteiger partial charge in [0.2, 0.25) is 5.91 Å². The van der Waals surface area contributed by atoms with Crippen LogP contribution < -0.4 is 4.72 Å². The summed E-state index contributed by atoms with van der Waals surface area (Å²) in [5.74, 6) is 0.648.